The fraction of sp³-hybridized carbons (Fsp3) is 0.450. The van der Waals surface area contributed by atoms with E-state index in [0.717, 1.165) is 12.3 Å². The highest BCUT2D eigenvalue weighted by Gasteiger charge is 2.35. The Hall–Kier alpha value is -2.50. The molecule has 2 aliphatic rings. The van der Waals surface area contributed by atoms with Crippen LogP contribution in [-0.2, 0) is 10.0 Å². The lowest BCUT2D eigenvalue weighted by molar-refractivity contribution is 0.0963. The summed E-state index contributed by atoms with van der Waals surface area (Å²) in [6, 6.07) is 0.771. The fourth-order valence-electron chi connectivity index (χ4n) is 4.00. The third-order valence-electron chi connectivity index (χ3n) is 5.87. The average Bonchev–Trinajstić information content (AvgIpc) is 3.54. The number of halogens is 2. The van der Waals surface area contributed by atoms with Gasteiger partial charge in [0, 0.05) is 17.0 Å². The minimum Gasteiger partial charge on any atom is -0.393 e. The molecule has 2 fully saturated rings. The Bertz CT molecular complexity index is 1160. The quantitative estimate of drug-likeness (QED) is 0.589. The molecule has 1 heterocycles. The number of sulfonamides is 1. The Kier molecular flexibility index (Phi) is 5.52. The first-order valence-electron chi connectivity index (χ1n) is 9.97. The Morgan fingerprint density at radius 2 is 1.74 bits per heavy atom. The van der Waals surface area contributed by atoms with Crippen molar-refractivity contribution in [3.8, 4) is 11.3 Å². The zero-order valence-electron chi connectivity index (χ0n) is 16.5. The highest BCUT2D eigenvalue weighted by molar-refractivity contribution is 7.89. The van der Waals surface area contributed by atoms with Crippen LogP contribution in [-0.4, -0.2) is 35.4 Å². The number of rotatable bonds is 5. The molecule has 8 nitrogen and oxygen atoms in total. The van der Waals surface area contributed by atoms with Gasteiger partial charge >= 0.3 is 0 Å². The van der Waals surface area contributed by atoms with Crippen LogP contribution in [0.2, 0.25) is 0 Å². The minimum atomic E-state index is -4.52. The maximum atomic E-state index is 15.6. The van der Waals surface area contributed by atoms with E-state index in [9.17, 15) is 18.3 Å². The second-order valence-corrected chi connectivity index (χ2v) is 9.67. The molecule has 0 saturated heterocycles. The number of nitrogens with two attached hydrogens (primary N) is 2. The Morgan fingerprint density at radius 1 is 1.10 bits per heavy atom. The Morgan fingerprint density at radius 3 is 2.32 bits per heavy atom. The maximum Gasteiger partial charge on any atom is 0.241 e. The van der Waals surface area contributed by atoms with Gasteiger partial charge in [-0.1, -0.05) is 0 Å². The predicted octanol–water partition coefficient (Wildman–Crippen LogP) is 2.26. The van der Waals surface area contributed by atoms with Gasteiger partial charge in [-0.3, -0.25) is 4.79 Å². The van der Waals surface area contributed by atoms with E-state index in [1.807, 2.05) is 0 Å². The minimum absolute atomic E-state index is 0.115. The Labute approximate surface area is 177 Å². The lowest BCUT2D eigenvalue weighted by Gasteiger charge is -2.27. The molecule has 5 N–H and O–H groups in total. The van der Waals surface area contributed by atoms with Gasteiger partial charge in [0.25, 0.3) is 0 Å². The lowest BCUT2D eigenvalue weighted by atomic mass is 9.81. The molecule has 1 aromatic heterocycles. The average molecular weight is 452 g/mol. The molecule has 2 aliphatic carbocycles. The molecule has 11 heteroatoms. The van der Waals surface area contributed by atoms with E-state index in [1.165, 1.54) is 0 Å². The topological polar surface area (TPSA) is 149 Å². The highest BCUT2D eigenvalue weighted by Crippen LogP contribution is 2.41. The smallest absolute Gasteiger partial charge is 0.241 e. The zero-order valence-corrected chi connectivity index (χ0v) is 17.3. The summed E-state index contributed by atoms with van der Waals surface area (Å²) >= 11 is 0. The molecule has 0 unspecified atom stereocenters. The van der Waals surface area contributed by atoms with Crippen molar-refractivity contribution in [1.29, 1.82) is 0 Å². The first-order valence-corrected chi connectivity index (χ1v) is 11.5. The summed E-state index contributed by atoms with van der Waals surface area (Å²) in [5.74, 6) is -3.52. The van der Waals surface area contributed by atoms with Gasteiger partial charge in [-0.2, -0.15) is 0 Å². The van der Waals surface area contributed by atoms with Crippen molar-refractivity contribution in [3.63, 3.8) is 0 Å². The molecule has 31 heavy (non-hydrogen) atoms. The van der Waals surface area contributed by atoms with Crippen molar-refractivity contribution in [3.05, 3.63) is 35.2 Å². The third kappa shape index (κ3) is 4.17. The molecule has 0 bridgehead atoms. The van der Waals surface area contributed by atoms with Gasteiger partial charge in [-0.25, -0.2) is 32.3 Å². The van der Waals surface area contributed by atoms with Crippen molar-refractivity contribution in [1.82, 2.24) is 9.97 Å². The number of nitrogens with zero attached hydrogens (tertiary/aromatic N) is 2. The van der Waals surface area contributed by atoms with Crippen LogP contribution < -0.4 is 10.9 Å². The van der Waals surface area contributed by atoms with Crippen molar-refractivity contribution < 1.29 is 27.1 Å². The monoisotopic (exact) mass is 452 g/mol. The molecular formula is C20H22F2N4O4S. The summed E-state index contributed by atoms with van der Waals surface area (Å²) in [5.41, 5.74) is 4.76. The number of nitrogen functional groups attached to an aromatic ring is 1. The van der Waals surface area contributed by atoms with Crippen molar-refractivity contribution in [2.75, 3.05) is 5.73 Å². The van der Waals surface area contributed by atoms with Gasteiger partial charge in [0.15, 0.2) is 11.6 Å². The van der Waals surface area contributed by atoms with Crippen LogP contribution in [0.25, 0.3) is 11.3 Å². The number of benzene rings is 1. The number of anilines is 1. The summed E-state index contributed by atoms with van der Waals surface area (Å²) in [6.45, 7) is 0. The molecule has 2 saturated carbocycles. The second kappa shape index (κ2) is 7.88. The fourth-order valence-corrected chi connectivity index (χ4v) is 4.64. The lowest BCUT2D eigenvalue weighted by Crippen LogP contribution is -2.22. The largest absolute Gasteiger partial charge is 0.393 e. The molecule has 0 radical (unpaired) electrons. The van der Waals surface area contributed by atoms with E-state index in [-0.39, 0.29) is 47.3 Å². The number of hydrogen-bond acceptors (Lipinski definition) is 7. The SMILES string of the molecule is Nc1ncc(-c2cc(S(N)(=O)=O)c(F)c(C3CCC(O)CC3)c2F)nc1C(=O)C1CC1. The highest BCUT2D eigenvalue weighted by atomic mass is 32.2. The first kappa shape index (κ1) is 21.7. The molecule has 0 aliphatic heterocycles. The van der Waals surface area contributed by atoms with Gasteiger partial charge in [-0.15, -0.1) is 0 Å². The van der Waals surface area contributed by atoms with Gasteiger partial charge < -0.3 is 10.8 Å². The van der Waals surface area contributed by atoms with Gasteiger partial charge in [0.05, 0.1) is 18.0 Å². The second-order valence-electron chi connectivity index (χ2n) is 8.14. The summed E-state index contributed by atoms with van der Waals surface area (Å²) in [6.07, 6.45) is 3.16. The molecule has 1 aromatic carbocycles. The van der Waals surface area contributed by atoms with Crippen molar-refractivity contribution >= 4 is 21.6 Å². The molecule has 0 atom stereocenters. The van der Waals surface area contributed by atoms with Crippen molar-refractivity contribution in [2.45, 2.75) is 55.4 Å². The summed E-state index contributed by atoms with van der Waals surface area (Å²) in [5, 5.41) is 14.9. The molecule has 4 rings (SSSR count). The normalized spacial score (nSPS) is 21.8. The van der Waals surface area contributed by atoms with Crippen LogP contribution in [0.4, 0.5) is 14.6 Å². The summed E-state index contributed by atoms with van der Waals surface area (Å²) in [7, 11) is -4.52. The number of aliphatic hydroxyl groups is 1. The molecule has 0 amide bonds. The number of Topliss-reactive ketones (excluding diaryl/α,β-unsaturated/α-hetero) is 1. The van der Waals surface area contributed by atoms with Crippen LogP contribution in [0.1, 0.15) is 60.5 Å². The van der Waals surface area contributed by atoms with Gasteiger partial charge in [0.1, 0.15) is 22.2 Å². The van der Waals surface area contributed by atoms with Crippen LogP contribution in [0.5, 0.6) is 0 Å². The summed E-state index contributed by atoms with van der Waals surface area (Å²) in [4.78, 5) is 19.6. The van der Waals surface area contributed by atoms with E-state index in [2.05, 4.69) is 9.97 Å². The maximum absolute atomic E-state index is 15.6. The number of hydrogen-bond donors (Lipinski definition) is 3. The number of carbonyl (C=O) groups excluding carboxylic acids is 1. The van der Waals surface area contributed by atoms with Crippen LogP contribution in [0.15, 0.2) is 17.2 Å². The summed E-state index contributed by atoms with van der Waals surface area (Å²) < 4.78 is 54.7. The van der Waals surface area contributed by atoms with Crippen molar-refractivity contribution in [2.24, 2.45) is 11.1 Å². The number of carbonyl (C=O) groups is 1. The number of primary sulfonamides is 1. The van der Waals surface area contributed by atoms with Gasteiger partial charge in [-0.05, 0) is 50.5 Å². The third-order valence-corrected chi connectivity index (χ3v) is 6.78. The van der Waals surface area contributed by atoms with E-state index >= 15 is 8.78 Å². The van der Waals surface area contributed by atoms with Crippen LogP contribution in [0, 0.1) is 17.6 Å². The van der Waals surface area contributed by atoms with Gasteiger partial charge in [0.2, 0.25) is 10.0 Å². The van der Waals surface area contributed by atoms with Crippen LogP contribution >= 0.6 is 0 Å². The molecular weight excluding hydrogens is 430 g/mol. The number of aliphatic hydroxyl groups excluding tert-OH is 1. The van der Waals surface area contributed by atoms with E-state index in [0.29, 0.717) is 25.7 Å². The number of aromatic nitrogens is 2. The number of ketones is 1. The van der Waals surface area contributed by atoms with E-state index < -0.39 is 44.1 Å². The standard InChI is InChI=1S/C20H22F2N4O4S/c21-16-12(13-8-25-20(23)18(26-13)19(28)10-1-2-10)7-14(31(24,29)30)17(22)15(16)9-3-5-11(27)6-4-9/h7-11,27H,1-6H2,(H2,23,25)(H2,24,29,30). The zero-order chi connectivity index (χ0) is 22.5. The molecule has 0 spiro atoms. The van der Waals surface area contributed by atoms with E-state index in [4.69, 9.17) is 10.9 Å². The van der Waals surface area contributed by atoms with E-state index in [1.54, 1.807) is 0 Å². The molecule has 2 aromatic rings. The predicted molar refractivity (Wildman–Crippen MR) is 107 cm³/mol. The van der Waals surface area contributed by atoms with Crippen LogP contribution in [0.3, 0.4) is 0 Å². The first-order chi connectivity index (χ1) is 14.6. The Balaban J connectivity index is 1.89. The molecule has 166 valence electrons.